The van der Waals surface area contributed by atoms with Crippen LogP contribution in [0.2, 0.25) is 0 Å². The molecule has 5 heteroatoms. The molecule has 1 aromatic carbocycles. The van der Waals surface area contributed by atoms with Crippen molar-refractivity contribution in [1.82, 2.24) is 19.5 Å². The van der Waals surface area contributed by atoms with Gasteiger partial charge in [-0.1, -0.05) is 37.6 Å². The van der Waals surface area contributed by atoms with E-state index in [2.05, 4.69) is 21.9 Å². The van der Waals surface area contributed by atoms with E-state index in [9.17, 15) is 4.79 Å². The summed E-state index contributed by atoms with van der Waals surface area (Å²) in [6.07, 6.45) is 5.03. The highest BCUT2D eigenvalue weighted by atomic mass is 16.1. The number of aromatic nitrogens is 4. The van der Waals surface area contributed by atoms with Gasteiger partial charge < -0.3 is 0 Å². The van der Waals surface area contributed by atoms with Gasteiger partial charge in [-0.15, -0.1) is 0 Å². The molecule has 2 aromatic heterocycles. The Bertz CT molecular complexity index is 870. The monoisotopic (exact) mass is 294 g/mol. The first-order valence-corrected chi connectivity index (χ1v) is 7.50. The third-order valence-corrected chi connectivity index (χ3v) is 3.72. The van der Waals surface area contributed by atoms with Crippen LogP contribution in [0.15, 0.2) is 41.5 Å². The SMILES string of the molecule is CCCCn1c(-c2ccccc2C)nc2nccnc2c1=O. The predicted molar refractivity (Wildman–Crippen MR) is 86.7 cm³/mol. The van der Waals surface area contributed by atoms with Gasteiger partial charge in [-0.2, -0.15) is 0 Å². The van der Waals surface area contributed by atoms with Gasteiger partial charge in [-0.05, 0) is 18.9 Å². The summed E-state index contributed by atoms with van der Waals surface area (Å²) >= 11 is 0. The van der Waals surface area contributed by atoms with Gasteiger partial charge in [-0.3, -0.25) is 9.36 Å². The van der Waals surface area contributed by atoms with Crippen LogP contribution in [-0.4, -0.2) is 19.5 Å². The molecule has 0 aliphatic rings. The number of unbranched alkanes of at least 4 members (excludes halogenated alkanes) is 1. The molecule has 0 saturated heterocycles. The summed E-state index contributed by atoms with van der Waals surface area (Å²) in [6.45, 7) is 4.76. The Morgan fingerprint density at radius 1 is 1.14 bits per heavy atom. The summed E-state index contributed by atoms with van der Waals surface area (Å²) in [6, 6.07) is 7.95. The molecule has 0 saturated carbocycles. The molecule has 0 radical (unpaired) electrons. The van der Waals surface area contributed by atoms with Crippen molar-refractivity contribution in [3.8, 4) is 11.4 Å². The van der Waals surface area contributed by atoms with Crippen molar-refractivity contribution in [3.05, 3.63) is 52.6 Å². The smallest absolute Gasteiger partial charge is 0.281 e. The van der Waals surface area contributed by atoms with Gasteiger partial charge in [0, 0.05) is 24.5 Å². The van der Waals surface area contributed by atoms with E-state index in [-0.39, 0.29) is 5.56 Å². The molecule has 0 fully saturated rings. The number of aryl methyl sites for hydroxylation is 1. The fourth-order valence-corrected chi connectivity index (χ4v) is 2.50. The lowest BCUT2D eigenvalue weighted by Crippen LogP contribution is -2.25. The highest BCUT2D eigenvalue weighted by Gasteiger charge is 2.15. The molecule has 3 rings (SSSR count). The van der Waals surface area contributed by atoms with Gasteiger partial charge in [0.2, 0.25) is 0 Å². The van der Waals surface area contributed by atoms with Gasteiger partial charge in [0.05, 0.1) is 0 Å². The van der Waals surface area contributed by atoms with Crippen LogP contribution in [0, 0.1) is 6.92 Å². The predicted octanol–water partition coefficient (Wildman–Crippen LogP) is 2.96. The van der Waals surface area contributed by atoms with E-state index in [0.717, 1.165) is 24.0 Å². The molecule has 0 amide bonds. The fraction of sp³-hybridized carbons (Fsp3) is 0.294. The van der Waals surface area contributed by atoms with Crippen LogP contribution < -0.4 is 5.56 Å². The Hall–Kier alpha value is -2.56. The van der Waals surface area contributed by atoms with Crippen LogP contribution in [-0.2, 0) is 6.54 Å². The van der Waals surface area contributed by atoms with E-state index in [4.69, 9.17) is 0 Å². The third-order valence-electron chi connectivity index (χ3n) is 3.72. The van der Waals surface area contributed by atoms with Crippen LogP contribution >= 0.6 is 0 Å². The Kier molecular flexibility index (Phi) is 3.96. The molecule has 0 unspecified atom stereocenters. The second-order valence-electron chi connectivity index (χ2n) is 5.29. The van der Waals surface area contributed by atoms with Crippen LogP contribution in [0.25, 0.3) is 22.6 Å². The zero-order chi connectivity index (χ0) is 15.5. The molecule has 0 N–H and O–H groups in total. The molecule has 0 spiro atoms. The largest absolute Gasteiger partial charge is 0.291 e. The quantitative estimate of drug-likeness (QED) is 0.742. The minimum atomic E-state index is -0.121. The number of nitrogens with zero attached hydrogens (tertiary/aromatic N) is 4. The Labute approximate surface area is 128 Å². The minimum Gasteiger partial charge on any atom is -0.291 e. The Morgan fingerprint density at radius 2 is 1.91 bits per heavy atom. The fourth-order valence-electron chi connectivity index (χ4n) is 2.50. The molecule has 2 heterocycles. The molecule has 3 aromatic rings. The van der Waals surface area contributed by atoms with Crippen molar-refractivity contribution in [2.24, 2.45) is 0 Å². The zero-order valence-electron chi connectivity index (χ0n) is 12.8. The summed E-state index contributed by atoms with van der Waals surface area (Å²) in [5.74, 6) is 0.671. The highest BCUT2D eigenvalue weighted by molar-refractivity contribution is 5.72. The van der Waals surface area contributed by atoms with E-state index in [1.807, 2.05) is 31.2 Å². The Morgan fingerprint density at radius 3 is 2.68 bits per heavy atom. The van der Waals surface area contributed by atoms with Crippen molar-refractivity contribution in [2.45, 2.75) is 33.2 Å². The summed E-state index contributed by atoms with van der Waals surface area (Å²) in [5.41, 5.74) is 2.66. The number of hydrogen-bond acceptors (Lipinski definition) is 4. The number of fused-ring (bicyclic) bond motifs is 1. The number of benzene rings is 1. The molecule has 5 nitrogen and oxygen atoms in total. The van der Waals surface area contributed by atoms with Crippen LogP contribution in [0.3, 0.4) is 0 Å². The van der Waals surface area contributed by atoms with Crippen LogP contribution in [0.1, 0.15) is 25.3 Å². The maximum Gasteiger partial charge on any atom is 0.281 e. The topological polar surface area (TPSA) is 60.7 Å². The number of hydrogen-bond donors (Lipinski definition) is 0. The standard InChI is InChI=1S/C17H18N4O/c1-3-4-11-21-16(13-8-6-5-7-12(13)2)20-15-14(17(21)22)18-9-10-19-15/h5-10H,3-4,11H2,1-2H3. The molecule has 0 aliphatic heterocycles. The second-order valence-corrected chi connectivity index (χ2v) is 5.29. The van der Waals surface area contributed by atoms with E-state index in [1.165, 1.54) is 6.20 Å². The molecule has 0 aliphatic carbocycles. The normalized spacial score (nSPS) is 11.0. The van der Waals surface area contributed by atoms with Crippen LogP contribution in [0.5, 0.6) is 0 Å². The summed E-state index contributed by atoms with van der Waals surface area (Å²) < 4.78 is 1.73. The van der Waals surface area contributed by atoms with E-state index < -0.39 is 0 Å². The van der Waals surface area contributed by atoms with Crippen molar-refractivity contribution in [2.75, 3.05) is 0 Å². The molecular formula is C17H18N4O. The second kappa shape index (κ2) is 6.05. The zero-order valence-corrected chi connectivity index (χ0v) is 12.8. The highest BCUT2D eigenvalue weighted by Crippen LogP contribution is 2.21. The molecule has 22 heavy (non-hydrogen) atoms. The van der Waals surface area contributed by atoms with E-state index in [1.54, 1.807) is 10.8 Å². The first kappa shape index (κ1) is 14.4. The van der Waals surface area contributed by atoms with Crippen molar-refractivity contribution in [3.63, 3.8) is 0 Å². The lowest BCUT2D eigenvalue weighted by Gasteiger charge is -2.14. The summed E-state index contributed by atoms with van der Waals surface area (Å²) in [5, 5.41) is 0. The molecular weight excluding hydrogens is 276 g/mol. The first-order valence-electron chi connectivity index (χ1n) is 7.50. The van der Waals surface area contributed by atoms with Gasteiger partial charge in [-0.25, -0.2) is 15.0 Å². The van der Waals surface area contributed by atoms with Crippen molar-refractivity contribution in [1.29, 1.82) is 0 Å². The van der Waals surface area contributed by atoms with Crippen molar-refractivity contribution >= 4 is 11.2 Å². The average molecular weight is 294 g/mol. The summed E-state index contributed by atoms with van der Waals surface area (Å²) in [7, 11) is 0. The lowest BCUT2D eigenvalue weighted by atomic mass is 10.1. The summed E-state index contributed by atoms with van der Waals surface area (Å²) in [4.78, 5) is 25.7. The Balaban J connectivity index is 2.32. The van der Waals surface area contributed by atoms with Gasteiger partial charge >= 0.3 is 0 Å². The first-order chi connectivity index (χ1) is 10.7. The molecule has 0 bridgehead atoms. The van der Waals surface area contributed by atoms with E-state index in [0.29, 0.717) is 23.5 Å². The van der Waals surface area contributed by atoms with Crippen molar-refractivity contribution < 1.29 is 0 Å². The molecule has 112 valence electrons. The van der Waals surface area contributed by atoms with Crippen LogP contribution in [0.4, 0.5) is 0 Å². The van der Waals surface area contributed by atoms with E-state index >= 15 is 0 Å². The van der Waals surface area contributed by atoms with Gasteiger partial charge in [0.25, 0.3) is 5.56 Å². The number of rotatable bonds is 4. The lowest BCUT2D eigenvalue weighted by molar-refractivity contribution is 0.613. The molecule has 0 atom stereocenters. The minimum absolute atomic E-state index is 0.121. The maximum atomic E-state index is 12.8. The average Bonchev–Trinajstić information content (AvgIpc) is 2.54. The van der Waals surface area contributed by atoms with Gasteiger partial charge in [0.1, 0.15) is 5.82 Å². The third kappa shape index (κ3) is 2.50. The van der Waals surface area contributed by atoms with Gasteiger partial charge in [0.15, 0.2) is 11.2 Å². The maximum absolute atomic E-state index is 12.8.